The highest BCUT2D eigenvalue weighted by Crippen LogP contribution is 2.25. The van der Waals surface area contributed by atoms with Crippen LogP contribution in [0.3, 0.4) is 0 Å². The molecule has 102 valence electrons. The number of rotatable bonds is 4. The predicted molar refractivity (Wildman–Crippen MR) is 78.2 cm³/mol. The molecule has 3 nitrogen and oxygen atoms in total. The van der Waals surface area contributed by atoms with Crippen molar-refractivity contribution >= 4 is 11.6 Å². The molecule has 0 amide bonds. The predicted octanol–water partition coefficient (Wildman–Crippen LogP) is 4.11. The van der Waals surface area contributed by atoms with Crippen molar-refractivity contribution < 1.29 is 9.47 Å². The standard InChI is InChI=1S/C16H14ClNO2/c1-11-7-14(17)4-6-15(11)20-10-13-8-12(9-18)3-5-16(13)19-2/h3-8H,10H2,1-2H3. The van der Waals surface area contributed by atoms with E-state index in [2.05, 4.69) is 6.07 Å². The van der Waals surface area contributed by atoms with E-state index in [1.54, 1.807) is 31.4 Å². The molecule has 0 saturated heterocycles. The Hall–Kier alpha value is -2.18. The molecular formula is C16H14ClNO2. The summed E-state index contributed by atoms with van der Waals surface area (Å²) >= 11 is 5.91. The first kappa shape index (κ1) is 14.2. The van der Waals surface area contributed by atoms with Crippen molar-refractivity contribution in [3.8, 4) is 17.6 Å². The zero-order chi connectivity index (χ0) is 14.5. The Morgan fingerprint density at radius 3 is 2.55 bits per heavy atom. The van der Waals surface area contributed by atoms with E-state index in [0.29, 0.717) is 22.9 Å². The van der Waals surface area contributed by atoms with E-state index in [4.69, 9.17) is 26.3 Å². The van der Waals surface area contributed by atoms with Crippen molar-refractivity contribution in [3.05, 3.63) is 58.1 Å². The number of benzene rings is 2. The van der Waals surface area contributed by atoms with Crippen LogP contribution in [0, 0.1) is 18.3 Å². The third-order valence-corrected chi connectivity index (χ3v) is 3.16. The van der Waals surface area contributed by atoms with Crippen LogP contribution in [0.15, 0.2) is 36.4 Å². The van der Waals surface area contributed by atoms with Crippen molar-refractivity contribution in [3.63, 3.8) is 0 Å². The topological polar surface area (TPSA) is 42.2 Å². The average molecular weight is 288 g/mol. The van der Waals surface area contributed by atoms with Gasteiger partial charge in [0.25, 0.3) is 0 Å². The van der Waals surface area contributed by atoms with Gasteiger partial charge < -0.3 is 9.47 Å². The molecule has 0 unspecified atom stereocenters. The molecule has 0 aliphatic rings. The normalized spacial score (nSPS) is 9.90. The van der Waals surface area contributed by atoms with E-state index in [1.165, 1.54) is 0 Å². The third kappa shape index (κ3) is 3.23. The zero-order valence-electron chi connectivity index (χ0n) is 11.3. The lowest BCUT2D eigenvalue weighted by atomic mass is 10.1. The zero-order valence-corrected chi connectivity index (χ0v) is 12.1. The van der Waals surface area contributed by atoms with E-state index < -0.39 is 0 Å². The summed E-state index contributed by atoms with van der Waals surface area (Å²) < 4.78 is 11.0. The fourth-order valence-electron chi connectivity index (χ4n) is 1.89. The molecule has 0 fully saturated rings. The molecule has 2 aromatic carbocycles. The lowest BCUT2D eigenvalue weighted by molar-refractivity contribution is 0.295. The van der Waals surface area contributed by atoms with Crippen LogP contribution in [0.1, 0.15) is 16.7 Å². The molecule has 0 aliphatic carbocycles. The number of aryl methyl sites for hydroxylation is 1. The van der Waals surface area contributed by atoms with Gasteiger partial charge in [0.15, 0.2) is 0 Å². The van der Waals surface area contributed by atoms with Crippen LogP contribution < -0.4 is 9.47 Å². The number of nitrogens with zero attached hydrogens (tertiary/aromatic N) is 1. The second-order valence-electron chi connectivity index (χ2n) is 4.34. The fourth-order valence-corrected chi connectivity index (χ4v) is 2.12. The van der Waals surface area contributed by atoms with Gasteiger partial charge in [0.05, 0.1) is 18.7 Å². The van der Waals surface area contributed by atoms with E-state index in [9.17, 15) is 0 Å². The molecule has 0 aliphatic heterocycles. The van der Waals surface area contributed by atoms with Gasteiger partial charge in [0.1, 0.15) is 18.1 Å². The first-order chi connectivity index (χ1) is 9.63. The number of nitriles is 1. The molecule has 0 N–H and O–H groups in total. The van der Waals surface area contributed by atoms with Crippen LogP contribution in [-0.2, 0) is 6.61 Å². The van der Waals surface area contributed by atoms with Crippen LogP contribution in [0.5, 0.6) is 11.5 Å². The van der Waals surface area contributed by atoms with Gasteiger partial charge in [-0.3, -0.25) is 0 Å². The van der Waals surface area contributed by atoms with Gasteiger partial charge in [-0.2, -0.15) is 5.26 Å². The number of methoxy groups -OCH3 is 1. The van der Waals surface area contributed by atoms with Gasteiger partial charge in [-0.15, -0.1) is 0 Å². The Kier molecular flexibility index (Phi) is 4.49. The summed E-state index contributed by atoms with van der Waals surface area (Å²) in [6.45, 7) is 2.27. The number of ether oxygens (including phenoxy) is 2. The van der Waals surface area contributed by atoms with Gasteiger partial charge in [-0.1, -0.05) is 11.6 Å². The maximum Gasteiger partial charge on any atom is 0.125 e. The molecule has 20 heavy (non-hydrogen) atoms. The molecule has 0 saturated carbocycles. The first-order valence-electron chi connectivity index (χ1n) is 6.10. The van der Waals surface area contributed by atoms with Crippen molar-refractivity contribution in [2.75, 3.05) is 7.11 Å². The van der Waals surface area contributed by atoms with E-state index in [-0.39, 0.29) is 0 Å². The van der Waals surface area contributed by atoms with Crippen molar-refractivity contribution in [1.29, 1.82) is 5.26 Å². The molecule has 0 heterocycles. The quantitative estimate of drug-likeness (QED) is 0.850. The number of hydrogen-bond acceptors (Lipinski definition) is 3. The van der Waals surface area contributed by atoms with Gasteiger partial charge >= 0.3 is 0 Å². The Bertz CT molecular complexity index is 662. The van der Waals surface area contributed by atoms with Crippen LogP contribution in [-0.4, -0.2) is 7.11 Å². The lowest BCUT2D eigenvalue weighted by Gasteiger charge is -2.12. The minimum absolute atomic E-state index is 0.334. The first-order valence-corrected chi connectivity index (χ1v) is 6.48. The second kappa shape index (κ2) is 6.31. The highest BCUT2D eigenvalue weighted by Gasteiger charge is 2.07. The minimum atomic E-state index is 0.334. The van der Waals surface area contributed by atoms with E-state index >= 15 is 0 Å². The van der Waals surface area contributed by atoms with E-state index in [1.807, 2.05) is 19.1 Å². The molecular weight excluding hydrogens is 274 g/mol. The monoisotopic (exact) mass is 287 g/mol. The summed E-state index contributed by atoms with van der Waals surface area (Å²) in [6, 6.07) is 12.8. The van der Waals surface area contributed by atoms with Crippen LogP contribution in [0.4, 0.5) is 0 Å². The van der Waals surface area contributed by atoms with Crippen LogP contribution in [0.25, 0.3) is 0 Å². The van der Waals surface area contributed by atoms with Gasteiger partial charge in [0, 0.05) is 10.6 Å². The van der Waals surface area contributed by atoms with Gasteiger partial charge in [-0.05, 0) is 48.9 Å². The third-order valence-electron chi connectivity index (χ3n) is 2.93. The molecule has 0 radical (unpaired) electrons. The highest BCUT2D eigenvalue weighted by atomic mass is 35.5. The summed E-state index contributed by atoms with van der Waals surface area (Å²) in [5.74, 6) is 1.47. The highest BCUT2D eigenvalue weighted by molar-refractivity contribution is 6.30. The summed E-state index contributed by atoms with van der Waals surface area (Å²) in [5, 5.41) is 9.62. The van der Waals surface area contributed by atoms with E-state index in [0.717, 1.165) is 16.9 Å². The summed E-state index contributed by atoms with van der Waals surface area (Å²) in [7, 11) is 1.60. The largest absolute Gasteiger partial charge is 0.496 e. The molecule has 4 heteroatoms. The maximum absolute atomic E-state index is 8.94. The average Bonchev–Trinajstić information content (AvgIpc) is 2.46. The van der Waals surface area contributed by atoms with Crippen molar-refractivity contribution in [1.82, 2.24) is 0 Å². The molecule has 2 rings (SSSR count). The maximum atomic E-state index is 8.94. The Morgan fingerprint density at radius 2 is 1.90 bits per heavy atom. The van der Waals surface area contributed by atoms with Crippen molar-refractivity contribution in [2.24, 2.45) is 0 Å². The molecule has 0 spiro atoms. The summed E-state index contributed by atoms with van der Waals surface area (Å²) in [4.78, 5) is 0. The smallest absolute Gasteiger partial charge is 0.125 e. The van der Waals surface area contributed by atoms with Gasteiger partial charge in [0.2, 0.25) is 0 Å². The Morgan fingerprint density at radius 1 is 1.15 bits per heavy atom. The Balaban J connectivity index is 2.20. The lowest BCUT2D eigenvalue weighted by Crippen LogP contribution is -2.00. The summed E-state index contributed by atoms with van der Waals surface area (Å²) in [6.07, 6.45) is 0. The van der Waals surface area contributed by atoms with Gasteiger partial charge in [-0.25, -0.2) is 0 Å². The second-order valence-corrected chi connectivity index (χ2v) is 4.77. The fraction of sp³-hybridized carbons (Fsp3) is 0.188. The van der Waals surface area contributed by atoms with Crippen LogP contribution in [0.2, 0.25) is 5.02 Å². The van der Waals surface area contributed by atoms with Crippen molar-refractivity contribution in [2.45, 2.75) is 13.5 Å². The number of hydrogen-bond donors (Lipinski definition) is 0. The molecule has 0 atom stereocenters. The molecule has 2 aromatic rings. The SMILES string of the molecule is COc1ccc(C#N)cc1COc1ccc(Cl)cc1C. The summed E-state index contributed by atoms with van der Waals surface area (Å²) in [5.41, 5.74) is 2.38. The number of halogens is 1. The van der Waals surface area contributed by atoms with Crippen LogP contribution >= 0.6 is 11.6 Å². The molecule has 0 aromatic heterocycles. The molecule has 0 bridgehead atoms. The Labute approximate surface area is 123 Å². The minimum Gasteiger partial charge on any atom is -0.496 e.